The van der Waals surface area contributed by atoms with Crippen LogP contribution in [0.2, 0.25) is 0 Å². The lowest BCUT2D eigenvalue weighted by atomic mass is 9.99. The third-order valence-electron chi connectivity index (χ3n) is 4.65. The van der Waals surface area contributed by atoms with Gasteiger partial charge in [0.15, 0.2) is 0 Å². The predicted molar refractivity (Wildman–Crippen MR) is 126 cm³/mol. The smallest absolute Gasteiger partial charge is 0.408 e. The first-order valence-corrected chi connectivity index (χ1v) is 11.3. The Morgan fingerprint density at radius 2 is 1.76 bits per heavy atom. The van der Waals surface area contributed by atoms with Crippen LogP contribution in [0.3, 0.4) is 0 Å². The van der Waals surface area contributed by atoms with E-state index in [9.17, 15) is 24.3 Å². The van der Waals surface area contributed by atoms with Crippen LogP contribution in [0.15, 0.2) is 18.2 Å². The molecule has 3 N–H and O–H groups in total. The summed E-state index contributed by atoms with van der Waals surface area (Å²) in [7, 11) is 0. The Hall–Kier alpha value is -3.30. The maximum absolute atomic E-state index is 13.2. The van der Waals surface area contributed by atoms with Crippen LogP contribution < -0.4 is 10.6 Å². The van der Waals surface area contributed by atoms with Crippen molar-refractivity contribution in [2.45, 2.75) is 72.6 Å². The van der Waals surface area contributed by atoms with Gasteiger partial charge in [-0.15, -0.1) is 0 Å². The van der Waals surface area contributed by atoms with Gasteiger partial charge >= 0.3 is 12.1 Å². The molecule has 0 radical (unpaired) electrons. The predicted octanol–water partition coefficient (Wildman–Crippen LogP) is 2.57. The number of ether oxygens (including phenoxy) is 2. The Morgan fingerprint density at radius 3 is 2.32 bits per heavy atom. The Kier molecular flexibility index (Phi) is 10.8. The molecule has 0 aliphatic rings. The maximum Gasteiger partial charge on any atom is 0.408 e. The van der Waals surface area contributed by atoms with Crippen LogP contribution in [-0.2, 0) is 23.9 Å². The number of nitrogens with one attached hydrogen (secondary N) is 2. The van der Waals surface area contributed by atoms with Crippen LogP contribution in [0.4, 0.5) is 4.79 Å². The van der Waals surface area contributed by atoms with Gasteiger partial charge in [0.25, 0.3) is 0 Å². The number of carbonyl (C=O) groups is 4. The Morgan fingerprint density at radius 1 is 1.12 bits per heavy atom. The number of para-hydroxylation sites is 1. The molecule has 34 heavy (non-hydrogen) atoms. The number of phenols is 1. The second-order valence-corrected chi connectivity index (χ2v) is 9.01. The van der Waals surface area contributed by atoms with Gasteiger partial charge in [0.1, 0.15) is 23.9 Å². The van der Waals surface area contributed by atoms with Crippen LogP contribution in [0, 0.1) is 6.92 Å². The molecule has 190 valence electrons. The summed E-state index contributed by atoms with van der Waals surface area (Å²) in [5.74, 6) is -1.71. The third-order valence-corrected chi connectivity index (χ3v) is 4.65. The lowest BCUT2D eigenvalue weighted by Crippen LogP contribution is -2.50. The Bertz CT molecular complexity index is 878. The zero-order valence-electron chi connectivity index (χ0n) is 21.1. The SMILES string of the molecule is CCOC(=O)CCNC(=O)C(c1cccc(C)c1O)N(C(=O)CNC(=O)OC(C)(C)C)C(C)C. The summed E-state index contributed by atoms with van der Waals surface area (Å²) in [5, 5.41) is 15.7. The molecule has 0 aliphatic heterocycles. The number of hydrogen-bond acceptors (Lipinski definition) is 7. The lowest BCUT2D eigenvalue weighted by Gasteiger charge is -2.35. The van der Waals surface area contributed by atoms with E-state index >= 15 is 0 Å². The highest BCUT2D eigenvalue weighted by molar-refractivity contribution is 5.91. The minimum absolute atomic E-state index is 0.00295. The summed E-state index contributed by atoms with van der Waals surface area (Å²) in [6.45, 7) is 11.7. The minimum Gasteiger partial charge on any atom is -0.507 e. The van der Waals surface area contributed by atoms with Crippen molar-refractivity contribution in [1.82, 2.24) is 15.5 Å². The minimum atomic E-state index is -1.20. The summed E-state index contributed by atoms with van der Waals surface area (Å²) in [6, 6.07) is 3.25. The molecule has 0 saturated heterocycles. The second-order valence-electron chi connectivity index (χ2n) is 9.01. The van der Waals surface area contributed by atoms with Crippen LogP contribution in [0.5, 0.6) is 5.75 Å². The van der Waals surface area contributed by atoms with Crippen LogP contribution in [0.1, 0.15) is 65.1 Å². The number of aryl methyl sites for hydroxylation is 1. The molecular formula is C24H37N3O7. The maximum atomic E-state index is 13.2. The molecule has 1 unspecified atom stereocenters. The molecule has 3 amide bonds. The molecule has 1 atom stereocenters. The van der Waals surface area contributed by atoms with Gasteiger partial charge in [0, 0.05) is 18.2 Å². The number of phenolic OH excluding ortho intramolecular Hbond substituents is 1. The first-order valence-electron chi connectivity index (χ1n) is 11.3. The molecule has 1 aromatic carbocycles. The highest BCUT2D eigenvalue weighted by atomic mass is 16.6. The molecule has 0 saturated carbocycles. The Labute approximate surface area is 201 Å². The van der Waals surface area contributed by atoms with Crippen molar-refractivity contribution in [2.24, 2.45) is 0 Å². The molecule has 1 aromatic rings. The number of benzene rings is 1. The largest absolute Gasteiger partial charge is 0.507 e. The first-order chi connectivity index (χ1) is 15.8. The normalized spacial score (nSPS) is 12.0. The van der Waals surface area contributed by atoms with E-state index in [0.29, 0.717) is 5.56 Å². The molecule has 0 bridgehead atoms. The van der Waals surface area contributed by atoms with Gasteiger partial charge in [-0.05, 0) is 54.0 Å². The van der Waals surface area contributed by atoms with Crippen LogP contribution >= 0.6 is 0 Å². The quantitative estimate of drug-likeness (QED) is 0.439. The molecule has 1 rings (SSSR count). The monoisotopic (exact) mass is 479 g/mol. The van der Waals surface area contributed by atoms with E-state index in [4.69, 9.17) is 9.47 Å². The van der Waals surface area contributed by atoms with Crippen molar-refractivity contribution in [3.05, 3.63) is 29.3 Å². The average molecular weight is 480 g/mol. The van der Waals surface area contributed by atoms with Gasteiger partial charge in [-0.2, -0.15) is 0 Å². The van der Waals surface area contributed by atoms with E-state index in [1.165, 1.54) is 4.90 Å². The van der Waals surface area contributed by atoms with Crippen molar-refractivity contribution < 1.29 is 33.8 Å². The van der Waals surface area contributed by atoms with E-state index < -0.39 is 48.1 Å². The highest BCUT2D eigenvalue weighted by Crippen LogP contribution is 2.32. The standard InChI is InChI=1S/C24H37N3O7/c1-8-33-19(29)12-13-25-22(31)20(17-11-9-10-16(4)21(17)30)27(15(2)3)18(28)14-26-23(32)34-24(5,6)7/h9-11,15,20,30H,8,12-14H2,1-7H3,(H,25,31)(H,26,32). The number of carbonyl (C=O) groups excluding carboxylic acids is 4. The summed E-state index contributed by atoms with van der Waals surface area (Å²) in [4.78, 5) is 51.3. The number of esters is 1. The Balaban J connectivity index is 3.18. The molecule has 0 fully saturated rings. The average Bonchev–Trinajstić information content (AvgIpc) is 2.71. The molecule has 0 heterocycles. The summed E-state index contributed by atoms with van der Waals surface area (Å²) in [6.07, 6.45) is -0.805. The first kappa shape index (κ1) is 28.7. The number of alkyl carbamates (subject to hydrolysis) is 1. The second kappa shape index (κ2) is 12.8. The van der Waals surface area contributed by atoms with Crippen molar-refractivity contribution >= 4 is 23.9 Å². The topological polar surface area (TPSA) is 134 Å². The molecule has 10 nitrogen and oxygen atoms in total. The molecule has 0 aromatic heterocycles. The van der Waals surface area contributed by atoms with Crippen molar-refractivity contribution in [3.63, 3.8) is 0 Å². The molecule has 0 spiro atoms. The van der Waals surface area contributed by atoms with Crippen molar-refractivity contribution in [2.75, 3.05) is 19.7 Å². The van der Waals surface area contributed by atoms with Crippen molar-refractivity contribution in [1.29, 1.82) is 0 Å². The van der Waals surface area contributed by atoms with E-state index in [1.807, 2.05) is 0 Å². The van der Waals surface area contributed by atoms with E-state index in [1.54, 1.807) is 66.7 Å². The van der Waals surface area contributed by atoms with E-state index in [0.717, 1.165) is 0 Å². The number of rotatable bonds is 10. The summed E-state index contributed by atoms with van der Waals surface area (Å²) >= 11 is 0. The van der Waals surface area contributed by atoms with Crippen LogP contribution in [-0.4, -0.2) is 65.2 Å². The van der Waals surface area contributed by atoms with Gasteiger partial charge in [-0.1, -0.05) is 18.2 Å². The fourth-order valence-electron chi connectivity index (χ4n) is 3.22. The summed E-state index contributed by atoms with van der Waals surface area (Å²) in [5.41, 5.74) is 0.0253. The van der Waals surface area contributed by atoms with Gasteiger partial charge in [0.2, 0.25) is 11.8 Å². The van der Waals surface area contributed by atoms with Gasteiger partial charge in [-0.3, -0.25) is 14.4 Å². The molecule has 10 heteroatoms. The van der Waals surface area contributed by atoms with E-state index in [2.05, 4.69) is 10.6 Å². The number of nitrogens with zero attached hydrogens (tertiary/aromatic N) is 1. The fourth-order valence-corrected chi connectivity index (χ4v) is 3.22. The summed E-state index contributed by atoms with van der Waals surface area (Å²) < 4.78 is 10.0. The van der Waals surface area contributed by atoms with Gasteiger partial charge < -0.3 is 30.1 Å². The van der Waals surface area contributed by atoms with Crippen molar-refractivity contribution in [3.8, 4) is 5.75 Å². The van der Waals surface area contributed by atoms with Gasteiger partial charge in [-0.25, -0.2) is 4.79 Å². The number of amides is 3. The van der Waals surface area contributed by atoms with E-state index in [-0.39, 0.29) is 30.9 Å². The molecular weight excluding hydrogens is 442 g/mol. The number of hydrogen-bond donors (Lipinski definition) is 3. The zero-order chi connectivity index (χ0) is 26.1. The highest BCUT2D eigenvalue weighted by Gasteiger charge is 2.35. The van der Waals surface area contributed by atoms with Gasteiger partial charge in [0.05, 0.1) is 13.0 Å². The zero-order valence-corrected chi connectivity index (χ0v) is 21.1. The number of aromatic hydroxyl groups is 1. The fraction of sp³-hybridized carbons (Fsp3) is 0.583. The third kappa shape index (κ3) is 8.92. The van der Waals surface area contributed by atoms with Crippen LogP contribution in [0.25, 0.3) is 0 Å². The molecule has 0 aliphatic carbocycles. The lowest BCUT2D eigenvalue weighted by molar-refractivity contribution is -0.144.